The van der Waals surface area contributed by atoms with Gasteiger partial charge in [0.1, 0.15) is 0 Å². The van der Waals surface area contributed by atoms with E-state index in [1.165, 1.54) is 43.1 Å². The van der Waals surface area contributed by atoms with Gasteiger partial charge in [-0.15, -0.1) is 119 Å². The second-order valence-electron chi connectivity index (χ2n) is 9.77. The summed E-state index contributed by atoms with van der Waals surface area (Å²) in [5.74, 6) is 0. The van der Waals surface area contributed by atoms with E-state index in [0.29, 0.717) is 0 Å². The second kappa shape index (κ2) is 28.1. The molecule has 0 bridgehead atoms. The Labute approximate surface area is 331 Å². The first-order valence-electron chi connectivity index (χ1n) is 14.6. The molecule has 6 heteroatoms. The molecule has 0 aliphatic carbocycles. The SMILES string of the molecule is C[SiH]C.C[SiH]C.[Cl-].[Cl-].[Hf].[Hf].c1ccc2[cH-]ccc2c1.c1ccc2[cH-]ccc2c1.c1ccc2[cH-]ccc2c1.c1ccc2[cH-]ccc2c1. The molecule has 0 amide bonds. The van der Waals surface area contributed by atoms with Gasteiger partial charge < -0.3 is 24.8 Å². The average molecular weight is 1010 g/mol. The van der Waals surface area contributed by atoms with E-state index in [0.717, 1.165) is 19.0 Å². The average Bonchev–Trinajstić information content (AvgIpc) is 3.85. The maximum absolute atomic E-state index is 2.21. The molecule has 0 fully saturated rings. The molecule has 0 unspecified atom stereocenters. The third-order valence-electron chi connectivity index (χ3n) is 6.19. The fourth-order valence-electron chi connectivity index (χ4n) is 4.28. The van der Waals surface area contributed by atoms with E-state index in [-0.39, 0.29) is 76.5 Å². The monoisotopic (exact) mass is 1010 g/mol. The van der Waals surface area contributed by atoms with E-state index in [4.69, 9.17) is 0 Å². The molecular weight excluding hydrogens is 964 g/mol. The van der Waals surface area contributed by atoms with Crippen LogP contribution in [0, 0.1) is 0 Å². The summed E-state index contributed by atoms with van der Waals surface area (Å²) in [5, 5.41) is 10.6. The number of hydrogen-bond acceptors (Lipinski definition) is 0. The van der Waals surface area contributed by atoms with E-state index < -0.39 is 0 Å². The van der Waals surface area contributed by atoms with Gasteiger partial charge in [0.15, 0.2) is 0 Å². The zero-order chi connectivity index (χ0) is 29.8. The fraction of sp³-hybridized carbons (Fsp3) is 0.100. The maximum Gasteiger partial charge on any atom is 0.0213 e. The molecule has 0 heterocycles. The minimum atomic E-state index is 0. The summed E-state index contributed by atoms with van der Waals surface area (Å²) in [6.07, 6.45) is 0. The molecule has 0 N–H and O–H groups in total. The van der Waals surface area contributed by atoms with Crippen molar-refractivity contribution in [3.63, 3.8) is 0 Å². The van der Waals surface area contributed by atoms with Crippen molar-refractivity contribution in [2.24, 2.45) is 0 Å². The molecule has 0 saturated heterocycles. The van der Waals surface area contributed by atoms with Crippen molar-refractivity contribution in [2.75, 3.05) is 0 Å². The van der Waals surface area contributed by atoms with Crippen LogP contribution in [0.3, 0.4) is 0 Å². The smallest absolute Gasteiger partial charge is 0.0213 e. The van der Waals surface area contributed by atoms with Crippen molar-refractivity contribution in [1.29, 1.82) is 0 Å². The van der Waals surface area contributed by atoms with Gasteiger partial charge in [-0.3, -0.25) is 0 Å². The quantitative estimate of drug-likeness (QED) is 0.144. The normalized spacial score (nSPS) is 8.78. The number of hydrogen-bond donors (Lipinski definition) is 0. The van der Waals surface area contributed by atoms with Crippen LogP contribution in [-0.4, -0.2) is 19.0 Å². The summed E-state index contributed by atoms with van der Waals surface area (Å²) in [7, 11) is 1.50. The van der Waals surface area contributed by atoms with E-state index in [9.17, 15) is 0 Å². The Hall–Kier alpha value is -1.93. The first kappa shape index (κ1) is 46.2. The van der Waals surface area contributed by atoms with Crippen LogP contribution in [0.2, 0.25) is 26.2 Å². The molecule has 8 rings (SSSR count). The minimum Gasteiger partial charge on any atom is -1.00 e. The Balaban J connectivity index is 0. The van der Waals surface area contributed by atoms with Gasteiger partial charge in [0, 0.05) is 70.7 Å². The predicted octanol–water partition coefficient (Wildman–Crippen LogP) is 5.28. The molecule has 0 aliphatic rings. The number of benzene rings is 4. The summed E-state index contributed by atoms with van der Waals surface area (Å²) < 4.78 is 0. The van der Waals surface area contributed by atoms with Crippen molar-refractivity contribution < 1.29 is 76.5 Å². The Morgan fingerprint density at radius 1 is 0.326 bits per heavy atom. The largest absolute Gasteiger partial charge is 1.00 e. The van der Waals surface area contributed by atoms with Crippen LogP contribution in [-0.2, 0) is 51.7 Å². The molecule has 2 radical (unpaired) electrons. The molecule has 0 aromatic heterocycles. The second-order valence-corrected chi connectivity index (χ2v) is 12.1. The van der Waals surface area contributed by atoms with Gasteiger partial charge in [-0.05, 0) is 0 Å². The number of rotatable bonds is 0. The maximum atomic E-state index is 2.21. The summed E-state index contributed by atoms with van der Waals surface area (Å²) in [4.78, 5) is 0. The molecule has 0 atom stereocenters. The summed E-state index contributed by atoms with van der Waals surface area (Å²) in [6, 6.07) is 58.7. The van der Waals surface area contributed by atoms with Crippen molar-refractivity contribution >= 4 is 62.1 Å². The Bertz CT molecular complexity index is 1430. The minimum absolute atomic E-state index is 0. The third-order valence-corrected chi connectivity index (χ3v) is 6.19. The Morgan fingerprint density at radius 3 is 0.674 bits per heavy atom. The molecule has 0 aliphatic heterocycles. The van der Waals surface area contributed by atoms with Gasteiger partial charge >= 0.3 is 0 Å². The topological polar surface area (TPSA) is 0 Å². The van der Waals surface area contributed by atoms with Crippen LogP contribution in [0.25, 0.3) is 43.1 Å². The predicted molar refractivity (Wildman–Crippen MR) is 196 cm³/mol. The van der Waals surface area contributed by atoms with Crippen LogP contribution >= 0.6 is 0 Å². The van der Waals surface area contributed by atoms with E-state index in [1.54, 1.807) is 0 Å². The molecule has 0 nitrogen and oxygen atoms in total. The molecular formula is C40H42Cl2Hf2Si2-6. The molecule has 0 spiro atoms. The van der Waals surface area contributed by atoms with Crippen molar-refractivity contribution in [3.8, 4) is 0 Å². The Kier molecular flexibility index (Phi) is 28.2. The van der Waals surface area contributed by atoms with Gasteiger partial charge in [0.05, 0.1) is 0 Å². The first-order chi connectivity index (χ1) is 20.7. The van der Waals surface area contributed by atoms with Crippen LogP contribution < -0.4 is 24.8 Å². The molecule has 0 saturated carbocycles. The van der Waals surface area contributed by atoms with Crippen LogP contribution in [0.15, 0.2) is 170 Å². The van der Waals surface area contributed by atoms with E-state index >= 15 is 0 Å². The number of halogens is 2. The third kappa shape index (κ3) is 16.3. The van der Waals surface area contributed by atoms with Gasteiger partial charge in [-0.25, -0.2) is 0 Å². The van der Waals surface area contributed by atoms with Crippen molar-refractivity contribution in [2.45, 2.75) is 26.2 Å². The summed E-state index contributed by atoms with van der Waals surface area (Å²) in [5.41, 5.74) is 0. The van der Waals surface area contributed by atoms with Crippen LogP contribution in [0.5, 0.6) is 0 Å². The van der Waals surface area contributed by atoms with E-state index in [1.807, 2.05) is 0 Å². The van der Waals surface area contributed by atoms with Gasteiger partial charge in [-0.2, -0.15) is 70.1 Å². The van der Waals surface area contributed by atoms with Crippen LogP contribution in [0.1, 0.15) is 0 Å². The first-order valence-corrected chi connectivity index (χ1v) is 19.2. The van der Waals surface area contributed by atoms with Gasteiger partial charge in [-0.1, -0.05) is 50.5 Å². The molecule has 238 valence electrons. The van der Waals surface area contributed by atoms with Crippen molar-refractivity contribution in [3.05, 3.63) is 170 Å². The number of fused-ring (bicyclic) bond motifs is 4. The molecule has 8 aromatic carbocycles. The standard InChI is InChI=1S/4C9H7.2C2H7Si.2ClH.2Hf/c4*1-2-5-9-7-3-6-8(9)4-1;2*1-3-2;;;;/h4*1-7H;2*3H,1-2H3;2*1H;;/q4*-1;;;;;;/p-2. The molecule has 46 heavy (non-hydrogen) atoms. The van der Waals surface area contributed by atoms with Crippen LogP contribution in [0.4, 0.5) is 0 Å². The molecule has 8 aromatic rings. The zero-order valence-electron chi connectivity index (χ0n) is 27.1. The summed E-state index contributed by atoms with van der Waals surface area (Å²) >= 11 is 0. The van der Waals surface area contributed by atoms with Gasteiger partial charge in [0.2, 0.25) is 0 Å². The van der Waals surface area contributed by atoms with Gasteiger partial charge in [0.25, 0.3) is 0 Å². The zero-order valence-corrected chi connectivity index (χ0v) is 38.1. The van der Waals surface area contributed by atoms with E-state index in [2.05, 4.69) is 196 Å². The Morgan fingerprint density at radius 2 is 0.500 bits per heavy atom. The summed E-state index contributed by atoms with van der Waals surface area (Å²) in [6.45, 7) is 8.83. The van der Waals surface area contributed by atoms with Crippen molar-refractivity contribution in [1.82, 2.24) is 0 Å². The fourth-order valence-corrected chi connectivity index (χ4v) is 4.28.